The fourth-order valence-electron chi connectivity index (χ4n) is 3.27. The lowest BCUT2D eigenvalue weighted by molar-refractivity contribution is -0.140. The highest BCUT2D eigenvalue weighted by molar-refractivity contribution is 7.10. The number of morpholine rings is 1. The van der Waals surface area contributed by atoms with Crippen molar-refractivity contribution in [2.45, 2.75) is 25.6 Å². The van der Waals surface area contributed by atoms with E-state index in [0.29, 0.717) is 18.2 Å². The molecule has 2 aromatic rings. The third kappa shape index (κ3) is 5.54. The van der Waals surface area contributed by atoms with Crippen LogP contribution in [0.25, 0.3) is 0 Å². The number of ether oxygens (including phenoxy) is 1. The Labute approximate surface area is 173 Å². The van der Waals surface area contributed by atoms with Gasteiger partial charge in [-0.25, -0.2) is 0 Å². The van der Waals surface area contributed by atoms with Gasteiger partial charge in [0.05, 0.1) is 19.3 Å². The Morgan fingerprint density at radius 3 is 2.54 bits per heavy atom. The minimum absolute atomic E-state index is 0.0110. The first-order valence-electron chi connectivity index (χ1n) is 9.23. The largest absolute Gasteiger partial charge is 0.379 e. The zero-order valence-electron chi connectivity index (χ0n) is 15.7. The highest BCUT2D eigenvalue weighted by atomic mass is 35.5. The molecule has 1 aromatic heterocycles. The molecule has 0 aliphatic carbocycles. The molecule has 1 aliphatic rings. The zero-order chi connectivity index (χ0) is 19.9. The maximum atomic E-state index is 12.4. The number of hydrogen-bond acceptors (Lipinski definition) is 5. The average Bonchev–Trinajstić information content (AvgIpc) is 3.22. The number of hydrogen-bond donors (Lipinski definition) is 2. The Morgan fingerprint density at radius 2 is 1.89 bits per heavy atom. The van der Waals surface area contributed by atoms with E-state index in [1.165, 1.54) is 0 Å². The van der Waals surface area contributed by atoms with Crippen molar-refractivity contribution >= 4 is 34.8 Å². The summed E-state index contributed by atoms with van der Waals surface area (Å²) >= 11 is 7.51. The molecule has 0 saturated carbocycles. The van der Waals surface area contributed by atoms with Gasteiger partial charge in [-0.2, -0.15) is 0 Å². The fraction of sp³-hybridized carbons (Fsp3) is 0.400. The Kier molecular flexibility index (Phi) is 7.44. The highest BCUT2D eigenvalue weighted by Crippen LogP contribution is 2.29. The van der Waals surface area contributed by atoms with Gasteiger partial charge in [0.15, 0.2) is 0 Å². The SMILES string of the molecule is C[C@@H](NC(=O)C(=O)NCc1ccc(Cl)cc1)[C@@H](c1cccs1)N1CCOCC1. The Morgan fingerprint density at radius 1 is 1.18 bits per heavy atom. The number of carbonyl (C=O) groups is 2. The summed E-state index contributed by atoms with van der Waals surface area (Å²) in [7, 11) is 0. The molecule has 1 aromatic carbocycles. The van der Waals surface area contributed by atoms with Crippen molar-refractivity contribution in [3.8, 4) is 0 Å². The molecule has 1 saturated heterocycles. The van der Waals surface area contributed by atoms with Gasteiger partial charge < -0.3 is 15.4 Å². The second kappa shape index (κ2) is 10.0. The van der Waals surface area contributed by atoms with Crippen molar-refractivity contribution < 1.29 is 14.3 Å². The number of amides is 2. The van der Waals surface area contributed by atoms with Crippen LogP contribution in [0.3, 0.4) is 0 Å². The molecule has 0 bridgehead atoms. The fourth-order valence-corrected chi connectivity index (χ4v) is 4.36. The quantitative estimate of drug-likeness (QED) is 0.703. The van der Waals surface area contributed by atoms with E-state index < -0.39 is 11.8 Å². The van der Waals surface area contributed by atoms with Crippen LogP contribution >= 0.6 is 22.9 Å². The van der Waals surface area contributed by atoms with Crippen molar-refractivity contribution in [1.29, 1.82) is 0 Å². The molecule has 0 radical (unpaired) electrons. The first kappa shape index (κ1) is 20.8. The van der Waals surface area contributed by atoms with Gasteiger partial charge in [-0.05, 0) is 36.1 Å². The first-order valence-corrected chi connectivity index (χ1v) is 10.5. The molecule has 3 rings (SSSR count). The van der Waals surface area contributed by atoms with Crippen LogP contribution in [-0.4, -0.2) is 49.1 Å². The van der Waals surface area contributed by atoms with E-state index >= 15 is 0 Å². The third-order valence-corrected chi connectivity index (χ3v) is 5.87. The molecule has 1 fully saturated rings. The van der Waals surface area contributed by atoms with Crippen LogP contribution in [-0.2, 0) is 20.9 Å². The third-order valence-electron chi connectivity index (χ3n) is 4.68. The lowest BCUT2D eigenvalue weighted by atomic mass is 10.1. The highest BCUT2D eigenvalue weighted by Gasteiger charge is 2.30. The van der Waals surface area contributed by atoms with Crippen LogP contribution in [0.1, 0.15) is 23.4 Å². The van der Waals surface area contributed by atoms with Crippen LogP contribution in [0.2, 0.25) is 5.02 Å². The van der Waals surface area contributed by atoms with Gasteiger partial charge in [0.25, 0.3) is 0 Å². The van der Waals surface area contributed by atoms with Crippen LogP contribution in [0.15, 0.2) is 41.8 Å². The van der Waals surface area contributed by atoms with E-state index in [4.69, 9.17) is 16.3 Å². The summed E-state index contributed by atoms with van der Waals surface area (Å²) in [6.45, 7) is 5.14. The van der Waals surface area contributed by atoms with Gasteiger partial charge in [0.2, 0.25) is 0 Å². The molecule has 1 aliphatic heterocycles. The van der Waals surface area contributed by atoms with E-state index in [1.54, 1.807) is 23.5 Å². The summed E-state index contributed by atoms with van der Waals surface area (Å²) in [4.78, 5) is 28.1. The molecule has 2 heterocycles. The number of halogens is 1. The van der Waals surface area contributed by atoms with Crippen molar-refractivity contribution in [2.24, 2.45) is 0 Å². The predicted molar refractivity (Wildman–Crippen MR) is 110 cm³/mol. The topological polar surface area (TPSA) is 70.7 Å². The standard InChI is InChI=1S/C20H24ClN3O3S/c1-14(18(17-3-2-12-28-17)24-8-10-27-11-9-24)23-20(26)19(25)22-13-15-4-6-16(21)7-5-15/h2-7,12,14,18H,8-11,13H2,1H3,(H,22,25)(H,23,26)/t14-,18+/m1/s1. The van der Waals surface area contributed by atoms with E-state index in [2.05, 4.69) is 21.6 Å². The summed E-state index contributed by atoms with van der Waals surface area (Å²) in [6, 6.07) is 11.0. The van der Waals surface area contributed by atoms with Crippen LogP contribution in [0.5, 0.6) is 0 Å². The lowest BCUT2D eigenvalue weighted by Crippen LogP contribution is -2.51. The number of nitrogens with zero attached hydrogens (tertiary/aromatic N) is 1. The van der Waals surface area contributed by atoms with Gasteiger partial charge >= 0.3 is 11.8 Å². The summed E-state index contributed by atoms with van der Waals surface area (Å²) in [6.07, 6.45) is 0. The molecular weight excluding hydrogens is 398 g/mol. The van der Waals surface area contributed by atoms with Gasteiger partial charge in [-0.1, -0.05) is 29.8 Å². The summed E-state index contributed by atoms with van der Waals surface area (Å²) in [5, 5.41) is 8.17. The monoisotopic (exact) mass is 421 g/mol. The Hall–Kier alpha value is -1.93. The molecular formula is C20H24ClN3O3S. The van der Waals surface area contributed by atoms with Gasteiger partial charge in [0, 0.05) is 35.6 Å². The molecule has 2 N–H and O–H groups in total. The Balaban J connectivity index is 1.58. The maximum Gasteiger partial charge on any atom is 0.309 e. The number of nitrogens with one attached hydrogen (secondary N) is 2. The molecule has 0 spiro atoms. The van der Waals surface area contributed by atoms with Gasteiger partial charge in [0.1, 0.15) is 0 Å². The summed E-state index contributed by atoms with van der Waals surface area (Å²) < 4.78 is 5.45. The van der Waals surface area contributed by atoms with E-state index in [9.17, 15) is 9.59 Å². The normalized spacial score (nSPS) is 16.9. The predicted octanol–water partition coefficient (Wildman–Crippen LogP) is 2.60. The van der Waals surface area contributed by atoms with E-state index in [1.807, 2.05) is 30.5 Å². The summed E-state index contributed by atoms with van der Waals surface area (Å²) in [5.74, 6) is -1.27. The lowest BCUT2D eigenvalue weighted by Gasteiger charge is -2.37. The van der Waals surface area contributed by atoms with Crippen molar-refractivity contribution in [3.05, 3.63) is 57.2 Å². The van der Waals surface area contributed by atoms with Crippen LogP contribution in [0.4, 0.5) is 0 Å². The first-order chi connectivity index (χ1) is 13.5. The second-order valence-electron chi connectivity index (χ2n) is 6.68. The zero-order valence-corrected chi connectivity index (χ0v) is 17.3. The number of benzene rings is 1. The number of carbonyl (C=O) groups excluding carboxylic acids is 2. The molecule has 150 valence electrons. The van der Waals surface area contributed by atoms with Crippen molar-refractivity contribution in [2.75, 3.05) is 26.3 Å². The maximum absolute atomic E-state index is 12.4. The Bertz CT molecular complexity index is 777. The molecule has 6 nitrogen and oxygen atoms in total. The van der Waals surface area contributed by atoms with Crippen molar-refractivity contribution in [1.82, 2.24) is 15.5 Å². The minimum atomic E-state index is -0.645. The van der Waals surface area contributed by atoms with Crippen LogP contribution in [0, 0.1) is 0 Å². The molecule has 28 heavy (non-hydrogen) atoms. The van der Waals surface area contributed by atoms with Gasteiger partial charge in [-0.15, -0.1) is 11.3 Å². The van der Waals surface area contributed by atoms with E-state index in [0.717, 1.165) is 23.5 Å². The summed E-state index contributed by atoms with van der Waals surface area (Å²) in [5.41, 5.74) is 0.878. The number of thiophene rings is 1. The van der Waals surface area contributed by atoms with Crippen molar-refractivity contribution in [3.63, 3.8) is 0 Å². The molecule has 8 heteroatoms. The smallest absolute Gasteiger partial charge is 0.309 e. The van der Waals surface area contributed by atoms with Gasteiger partial charge in [-0.3, -0.25) is 14.5 Å². The average molecular weight is 422 g/mol. The number of rotatable bonds is 6. The molecule has 2 amide bonds. The molecule has 2 atom stereocenters. The van der Waals surface area contributed by atoms with Crippen LogP contribution < -0.4 is 10.6 Å². The minimum Gasteiger partial charge on any atom is -0.379 e. The molecule has 0 unspecified atom stereocenters. The second-order valence-corrected chi connectivity index (χ2v) is 8.10. The van der Waals surface area contributed by atoms with E-state index in [-0.39, 0.29) is 18.6 Å².